The molecule has 0 unspecified atom stereocenters. The number of benzene rings is 2. The van der Waals surface area contributed by atoms with Crippen LogP contribution in [0.1, 0.15) is 43.6 Å². The fourth-order valence-electron chi connectivity index (χ4n) is 3.72. The molecule has 0 fully saturated rings. The van der Waals surface area contributed by atoms with Crippen LogP contribution in [0.3, 0.4) is 0 Å². The number of hydrogen-bond acceptors (Lipinski definition) is 10. The van der Waals surface area contributed by atoms with Gasteiger partial charge in [-0.2, -0.15) is 0 Å². The SMILES string of the molecule is O=c1cc(CO)occ1OCCCCCOc1ccc(Cl)c(Cl)c1.O=c1cc(CO)occ1OCCCCOc1ccc(Cl)c(Cl)c1. The second kappa shape index (κ2) is 20.8. The Kier molecular flexibility index (Phi) is 16.8. The van der Waals surface area contributed by atoms with Gasteiger partial charge in [0.25, 0.3) is 0 Å². The highest BCUT2D eigenvalue weighted by atomic mass is 35.5. The van der Waals surface area contributed by atoms with E-state index < -0.39 is 0 Å². The summed E-state index contributed by atoms with van der Waals surface area (Å²) in [6, 6.07) is 12.7. The van der Waals surface area contributed by atoms with Crippen molar-refractivity contribution >= 4 is 46.4 Å². The van der Waals surface area contributed by atoms with Gasteiger partial charge >= 0.3 is 0 Å². The minimum Gasteiger partial charge on any atom is -0.494 e. The maximum Gasteiger partial charge on any atom is 0.227 e. The molecule has 4 rings (SSSR count). The van der Waals surface area contributed by atoms with Crippen molar-refractivity contribution in [2.75, 3.05) is 26.4 Å². The number of aliphatic hydroxyl groups excluding tert-OH is 2. The number of rotatable bonds is 17. The molecule has 0 amide bonds. The first-order valence-corrected chi connectivity index (χ1v) is 16.1. The van der Waals surface area contributed by atoms with E-state index in [0.29, 0.717) is 64.4 Å². The zero-order chi connectivity index (χ0) is 34.0. The lowest BCUT2D eigenvalue weighted by Gasteiger charge is -2.08. The topological polar surface area (TPSA) is 138 Å². The van der Waals surface area contributed by atoms with Gasteiger partial charge in [0.2, 0.25) is 22.4 Å². The van der Waals surface area contributed by atoms with Gasteiger partial charge in [-0.1, -0.05) is 46.4 Å². The smallest absolute Gasteiger partial charge is 0.227 e. The molecule has 0 bridgehead atoms. The standard InChI is InChI=1S/C17H18Cl2O5.C16H16Cl2O5/c18-14-5-4-12(8-15(14)19)22-6-2-1-3-7-23-17-11-24-13(10-20)9-16(17)21;17-13-4-3-11(7-14(13)18)21-5-1-2-6-22-16-10-23-12(9-19)8-15(16)20/h4-5,8-9,11,20H,1-3,6-7,10H2;3-4,7-8,10,19H,1-2,5-6,9H2. The largest absolute Gasteiger partial charge is 0.494 e. The third-order valence-corrected chi connectivity index (χ3v) is 7.66. The molecule has 2 heterocycles. The molecule has 254 valence electrons. The summed E-state index contributed by atoms with van der Waals surface area (Å²) in [4.78, 5) is 23.3. The monoisotopic (exact) mass is 730 g/mol. The maximum absolute atomic E-state index is 11.6. The molecule has 0 aliphatic carbocycles. The van der Waals surface area contributed by atoms with Gasteiger partial charge in [-0.25, -0.2) is 0 Å². The third-order valence-electron chi connectivity index (χ3n) is 6.18. The minimum absolute atomic E-state index is 0.132. The summed E-state index contributed by atoms with van der Waals surface area (Å²) in [5, 5.41) is 19.6. The van der Waals surface area contributed by atoms with E-state index in [1.54, 1.807) is 36.4 Å². The quantitative estimate of drug-likeness (QED) is 0.104. The zero-order valence-electron chi connectivity index (χ0n) is 25.2. The maximum atomic E-state index is 11.6. The van der Waals surface area contributed by atoms with E-state index in [1.807, 2.05) is 0 Å². The highest BCUT2D eigenvalue weighted by molar-refractivity contribution is 6.42. The zero-order valence-corrected chi connectivity index (χ0v) is 28.2. The molecule has 0 aliphatic heterocycles. The second-order valence-corrected chi connectivity index (χ2v) is 11.4. The molecule has 47 heavy (non-hydrogen) atoms. The molecule has 2 N–H and O–H groups in total. The van der Waals surface area contributed by atoms with E-state index in [2.05, 4.69) is 0 Å². The molecule has 14 heteroatoms. The van der Waals surface area contributed by atoms with Crippen LogP contribution in [0.2, 0.25) is 20.1 Å². The molecule has 0 atom stereocenters. The lowest BCUT2D eigenvalue weighted by molar-refractivity contribution is 0.234. The fourth-order valence-corrected chi connectivity index (χ4v) is 4.29. The minimum atomic E-state index is -0.318. The lowest BCUT2D eigenvalue weighted by atomic mass is 10.2. The Labute approximate surface area is 291 Å². The van der Waals surface area contributed by atoms with Gasteiger partial charge in [0.1, 0.15) is 48.8 Å². The van der Waals surface area contributed by atoms with Crippen LogP contribution in [0.5, 0.6) is 23.0 Å². The van der Waals surface area contributed by atoms with Crippen molar-refractivity contribution in [3.8, 4) is 23.0 Å². The number of unbranched alkanes of at least 4 members (excludes halogenated alkanes) is 3. The number of aliphatic hydroxyl groups is 2. The summed E-state index contributed by atoms with van der Waals surface area (Å²) in [6.45, 7) is 1.21. The summed E-state index contributed by atoms with van der Waals surface area (Å²) in [7, 11) is 0. The van der Waals surface area contributed by atoms with Gasteiger partial charge in [-0.3, -0.25) is 9.59 Å². The predicted molar refractivity (Wildman–Crippen MR) is 180 cm³/mol. The molecule has 0 aliphatic rings. The normalized spacial score (nSPS) is 10.6. The van der Waals surface area contributed by atoms with Gasteiger partial charge < -0.3 is 38.0 Å². The van der Waals surface area contributed by atoms with Gasteiger partial charge in [0.15, 0.2) is 0 Å². The van der Waals surface area contributed by atoms with Crippen LogP contribution in [-0.2, 0) is 13.2 Å². The van der Waals surface area contributed by atoms with E-state index in [0.717, 1.165) is 25.7 Å². The predicted octanol–water partition coefficient (Wildman–Crippen LogP) is 7.74. The van der Waals surface area contributed by atoms with Crippen LogP contribution >= 0.6 is 46.4 Å². The Morgan fingerprint density at radius 2 is 0.894 bits per heavy atom. The van der Waals surface area contributed by atoms with E-state index in [-0.39, 0.29) is 47.1 Å². The Bertz CT molecular complexity index is 1660. The highest BCUT2D eigenvalue weighted by Crippen LogP contribution is 2.27. The average Bonchev–Trinajstić information content (AvgIpc) is 3.06. The van der Waals surface area contributed by atoms with Gasteiger partial charge in [0, 0.05) is 24.3 Å². The Hall–Kier alpha value is -3.38. The molecule has 0 saturated carbocycles. The molecule has 0 saturated heterocycles. The van der Waals surface area contributed by atoms with Gasteiger partial charge in [-0.15, -0.1) is 0 Å². The van der Waals surface area contributed by atoms with Crippen LogP contribution in [0.4, 0.5) is 0 Å². The van der Waals surface area contributed by atoms with Crippen molar-refractivity contribution in [3.63, 3.8) is 0 Å². The van der Waals surface area contributed by atoms with Crippen molar-refractivity contribution in [3.05, 3.63) is 113 Å². The van der Waals surface area contributed by atoms with Crippen molar-refractivity contribution in [2.24, 2.45) is 0 Å². The first kappa shape index (κ1) is 38.1. The van der Waals surface area contributed by atoms with Crippen LogP contribution in [-0.4, -0.2) is 36.6 Å². The summed E-state index contributed by atoms with van der Waals surface area (Å²) in [5.41, 5.74) is -0.611. The summed E-state index contributed by atoms with van der Waals surface area (Å²) in [5.74, 6) is 2.04. The van der Waals surface area contributed by atoms with Crippen LogP contribution in [0.15, 0.2) is 79.5 Å². The molecule has 2 aromatic carbocycles. The fraction of sp³-hybridized carbons (Fsp3) is 0.333. The van der Waals surface area contributed by atoms with E-state index in [9.17, 15) is 9.59 Å². The van der Waals surface area contributed by atoms with E-state index >= 15 is 0 Å². The van der Waals surface area contributed by atoms with Crippen LogP contribution in [0.25, 0.3) is 0 Å². The first-order chi connectivity index (χ1) is 22.7. The Balaban J connectivity index is 0.000000256. The van der Waals surface area contributed by atoms with E-state index in [1.165, 1.54) is 24.7 Å². The highest BCUT2D eigenvalue weighted by Gasteiger charge is 2.06. The van der Waals surface area contributed by atoms with Crippen molar-refractivity contribution in [1.29, 1.82) is 0 Å². The molecule has 0 radical (unpaired) electrons. The lowest BCUT2D eigenvalue weighted by Crippen LogP contribution is -2.09. The molecule has 2 aromatic heterocycles. The number of ether oxygens (including phenoxy) is 4. The van der Waals surface area contributed by atoms with Crippen molar-refractivity contribution in [2.45, 2.75) is 45.3 Å². The summed E-state index contributed by atoms with van der Waals surface area (Å²) < 4.78 is 31.9. The average molecular weight is 732 g/mol. The molecule has 4 aromatic rings. The Morgan fingerprint density at radius 1 is 0.511 bits per heavy atom. The molecular weight excluding hydrogens is 698 g/mol. The summed E-state index contributed by atoms with van der Waals surface area (Å²) >= 11 is 23.5. The van der Waals surface area contributed by atoms with Crippen LogP contribution in [0, 0.1) is 0 Å². The van der Waals surface area contributed by atoms with E-state index in [4.69, 9.17) is 84.4 Å². The van der Waals surface area contributed by atoms with Gasteiger partial charge in [0.05, 0.1) is 46.5 Å². The molecule has 10 nitrogen and oxygen atoms in total. The second-order valence-electron chi connectivity index (χ2n) is 9.78. The third kappa shape index (κ3) is 13.7. The Morgan fingerprint density at radius 3 is 1.26 bits per heavy atom. The van der Waals surface area contributed by atoms with Crippen molar-refractivity contribution < 1.29 is 38.0 Å². The molecular formula is C33H34Cl4O10. The molecule has 0 spiro atoms. The number of hydrogen-bond donors (Lipinski definition) is 2. The summed E-state index contributed by atoms with van der Waals surface area (Å²) in [6.07, 6.45) is 6.42. The van der Waals surface area contributed by atoms with Gasteiger partial charge in [-0.05, 0) is 56.4 Å². The first-order valence-electron chi connectivity index (χ1n) is 14.6. The van der Waals surface area contributed by atoms with Crippen molar-refractivity contribution in [1.82, 2.24) is 0 Å². The van der Waals surface area contributed by atoms with Crippen LogP contribution < -0.4 is 29.8 Å². The number of halogens is 4.